The number of aromatic nitrogens is 2. The Morgan fingerprint density at radius 2 is 1.74 bits per heavy atom. The smallest absolute Gasteiger partial charge is 0.290 e. The fourth-order valence-electron chi connectivity index (χ4n) is 3.67. The van der Waals surface area contributed by atoms with Gasteiger partial charge in [0.2, 0.25) is 5.91 Å². The molecule has 0 aliphatic rings. The van der Waals surface area contributed by atoms with Gasteiger partial charge in [-0.05, 0) is 48.9 Å². The Morgan fingerprint density at radius 3 is 2.46 bits per heavy atom. The number of carbonyl (C=O) groups is 2. The van der Waals surface area contributed by atoms with Crippen molar-refractivity contribution in [3.8, 4) is 17.1 Å². The third kappa shape index (κ3) is 5.40. The lowest BCUT2D eigenvalue weighted by molar-refractivity contribution is -0.121. The summed E-state index contributed by atoms with van der Waals surface area (Å²) in [6.07, 6.45) is 1.16. The number of nitrogens with zero attached hydrogens (tertiary/aromatic N) is 2. The Morgan fingerprint density at radius 1 is 1.00 bits per heavy atom. The van der Waals surface area contributed by atoms with Gasteiger partial charge in [0.1, 0.15) is 17.3 Å². The molecule has 2 amide bonds. The van der Waals surface area contributed by atoms with Gasteiger partial charge in [0.05, 0.1) is 12.5 Å². The van der Waals surface area contributed by atoms with Crippen LogP contribution < -0.4 is 21.1 Å². The van der Waals surface area contributed by atoms with Crippen LogP contribution in [0.5, 0.6) is 5.75 Å². The van der Waals surface area contributed by atoms with Crippen LogP contribution in [0.15, 0.2) is 69.9 Å². The second-order valence-electron chi connectivity index (χ2n) is 7.92. The van der Waals surface area contributed by atoms with E-state index >= 15 is 0 Å². The molecule has 180 valence electrons. The summed E-state index contributed by atoms with van der Waals surface area (Å²) < 4.78 is 12.3. The first-order valence-corrected chi connectivity index (χ1v) is 11.3. The summed E-state index contributed by atoms with van der Waals surface area (Å²) in [4.78, 5) is 37.7. The van der Waals surface area contributed by atoms with E-state index in [0.717, 1.165) is 11.3 Å². The number of carbonyl (C=O) groups excluding carboxylic acids is 2. The van der Waals surface area contributed by atoms with Crippen molar-refractivity contribution in [3.63, 3.8) is 0 Å². The van der Waals surface area contributed by atoms with E-state index in [-0.39, 0.29) is 23.6 Å². The number of hydrazine groups is 1. The molecule has 2 N–H and O–H groups in total. The van der Waals surface area contributed by atoms with Gasteiger partial charge in [0, 0.05) is 30.3 Å². The summed E-state index contributed by atoms with van der Waals surface area (Å²) in [5, 5.41) is 5.05. The summed E-state index contributed by atoms with van der Waals surface area (Å²) >= 11 is 0. The fourth-order valence-corrected chi connectivity index (χ4v) is 3.67. The number of ether oxygens (including phenoxy) is 1. The number of furan rings is 1. The minimum absolute atomic E-state index is 0.0733. The number of rotatable bonds is 8. The molecule has 0 spiro atoms. The fraction of sp³-hybridized carbons (Fsp3) is 0.231. The summed E-state index contributed by atoms with van der Waals surface area (Å²) in [6, 6.07) is 17.9. The van der Waals surface area contributed by atoms with E-state index < -0.39 is 5.91 Å². The van der Waals surface area contributed by atoms with Crippen molar-refractivity contribution in [3.05, 3.63) is 82.5 Å². The highest BCUT2D eigenvalue weighted by Gasteiger charge is 2.17. The van der Waals surface area contributed by atoms with E-state index in [2.05, 4.69) is 16.0 Å². The summed E-state index contributed by atoms with van der Waals surface area (Å²) in [5.74, 6) is 1.12. The zero-order valence-electron chi connectivity index (χ0n) is 19.5. The van der Waals surface area contributed by atoms with Gasteiger partial charge in [-0.3, -0.25) is 25.2 Å². The maximum absolute atomic E-state index is 12.8. The molecule has 0 fully saturated rings. The first kappa shape index (κ1) is 23.7. The van der Waals surface area contributed by atoms with Gasteiger partial charge in [-0.1, -0.05) is 25.1 Å². The van der Waals surface area contributed by atoms with Crippen LogP contribution in [0.2, 0.25) is 0 Å². The van der Waals surface area contributed by atoms with Crippen LogP contribution in [0.4, 0.5) is 0 Å². The van der Waals surface area contributed by atoms with Gasteiger partial charge in [-0.2, -0.15) is 5.10 Å². The topological polar surface area (TPSA) is 115 Å². The van der Waals surface area contributed by atoms with E-state index in [4.69, 9.17) is 9.15 Å². The second kappa shape index (κ2) is 10.7. The maximum Gasteiger partial charge on any atom is 0.290 e. The molecule has 9 nitrogen and oxygen atoms in total. The standard InChI is InChI=1S/C26H26N4O5/c1-3-16-30-26(33)21-7-5-4-6-20(21)24(29-30)25(32)28-27-23(31)15-13-19-12-14-22(35-19)17-8-10-18(34-2)11-9-17/h4-12,14H,3,13,15-16H2,1-2H3,(H,27,31)(H,28,32). The van der Waals surface area contributed by atoms with Crippen molar-refractivity contribution in [2.45, 2.75) is 32.7 Å². The highest BCUT2D eigenvalue weighted by Crippen LogP contribution is 2.25. The molecule has 0 unspecified atom stereocenters. The molecule has 4 aromatic rings. The van der Waals surface area contributed by atoms with Crippen molar-refractivity contribution < 1.29 is 18.7 Å². The van der Waals surface area contributed by atoms with Gasteiger partial charge < -0.3 is 9.15 Å². The average Bonchev–Trinajstić information content (AvgIpc) is 3.37. The minimum atomic E-state index is -0.598. The largest absolute Gasteiger partial charge is 0.497 e. The number of hydrogen-bond donors (Lipinski definition) is 2. The SMILES string of the molecule is CCCn1nc(C(=O)NNC(=O)CCc2ccc(-c3ccc(OC)cc3)o2)c2ccccc2c1=O. The van der Waals surface area contributed by atoms with Crippen LogP contribution in [0.3, 0.4) is 0 Å². The van der Waals surface area contributed by atoms with Crippen molar-refractivity contribution in [1.29, 1.82) is 0 Å². The highest BCUT2D eigenvalue weighted by molar-refractivity contribution is 6.05. The van der Waals surface area contributed by atoms with E-state index in [9.17, 15) is 14.4 Å². The van der Waals surface area contributed by atoms with Gasteiger partial charge in [0.25, 0.3) is 11.5 Å². The molecule has 2 aromatic carbocycles. The van der Waals surface area contributed by atoms with Crippen LogP contribution >= 0.6 is 0 Å². The first-order chi connectivity index (χ1) is 17.0. The molecule has 0 atom stereocenters. The minimum Gasteiger partial charge on any atom is -0.497 e. The Balaban J connectivity index is 1.37. The zero-order chi connectivity index (χ0) is 24.8. The lowest BCUT2D eigenvalue weighted by atomic mass is 10.1. The monoisotopic (exact) mass is 474 g/mol. The van der Waals surface area contributed by atoms with Crippen LogP contribution in [0, 0.1) is 0 Å². The lowest BCUT2D eigenvalue weighted by Gasteiger charge is -2.11. The van der Waals surface area contributed by atoms with Gasteiger partial charge in [-0.15, -0.1) is 0 Å². The van der Waals surface area contributed by atoms with Gasteiger partial charge in [-0.25, -0.2) is 4.68 Å². The number of benzene rings is 2. The maximum atomic E-state index is 12.8. The molecule has 9 heteroatoms. The zero-order valence-corrected chi connectivity index (χ0v) is 19.5. The van der Waals surface area contributed by atoms with Crippen LogP contribution in [-0.4, -0.2) is 28.7 Å². The number of aryl methyl sites for hydroxylation is 2. The molecule has 0 saturated heterocycles. The molecule has 0 bridgehead atoms. The number of amides is 2. The molecule has 0 saturated carbocycles. The van der Waals surface area contributed by atoms with Crippen molar-refractivity contribution >= 4 is 22.6 Å². The predicted octanol–water partition coefficient (Wildman–Crippen LogP) is 3.47. The van der Waals surface area contributed by atoms with Gasteiger partial charge in [0.15, 0.2) is 5.69 Å². The Hall–Kier alpha value is -4.40. The number of fused-ring (bicyclic) bond motifs is 1. The number of hydrogen-bond acceptors (Lipinski definition) is 6. The third-order valence-electron chi connectivity index (χ3n) is 5.47. The molecule has 0 aliphatic carbocycles. The van der Waals surface area contributed by atoms with E-state index in [1.165, 1.54) is 4.68 Å². The average molecular weight is 475 g/mol. The summed E-state index contributed by atoms with van der Waals surface area (Å²) in [6.45, 7) is 2.31. The van der Waals surface area contributed by atoms with E-state index in [1.54, 1.807) is 31.4 Å². The number of nitrogens with one attached hydrogen (secondary N) is 2. The molecule has 2 aromatic heterocycles. The molecular formula is C26H26N4O5. The highest BCUT2D eigenvalue weighted by atomic mass is 16.5. The third-order valence-corrected chi connectivity index (χ3v) is 5.47. The number of methoxy groups -OCH3 is 1. The van der Waals surface area contributed by atoms with Crippen LogP contribution in [0.1, 0.15) is 36.0 Å². The van der Waals surface area contributed by atoms with Crippen molar-refractivity contribution in [2.75, 3.05) is 7.11 Å². The summed E-state index contributed by atoms with van der Waals surface area (Å²) in [7, 11) is 1.61. The lowest BCUT2D eigenvalue weighted by Crippen LogP contribution is -2.42. The quantitative estimate of drug-likeness (QED) is 0.378. The molecule has 4 rings (SSSR count). The van der Waals surface area contributed by atoms with Crippen LogP contribution in [-0.2, 0) is 17.8 Å². The van der Waals surface area contributed by atoms with Gasteiger partial charge >= 0.3 is 0 Å². The van der Waals surface area contributed by atoms with E-state index in [1.807, 2.05) is 43.3 Å². The molecule has 0 aliphatic heterocycles. The van der Waals surface area contributed by atoms with E-state index in [0.29, 0.717) is 41.7 Å². The Labute approximate surface area is 201 Å². The normalized spacial score (nSPS) is 10.8. The first-order valence-electron chi connectivity index (χ1n) is 11.3. The molecule has 0 radical (unpaired) electrons. The predicted molar refractivity (Wildman–Crippen MR) is 131 cm³/mol. The molecule has 2 heterocycles. The van der Waals surface area contributed by atoms with Crippen LogP contribution in [0.25, 0.3) is 22.1 Å². The van der Waals surface area contributed by atoms with Crippen molar-refractivity contribution in [1.82, 2.24) is 20.6 Å². The molecule has 35 heavy (non-hydrogen) atoms. The Bertz CT molecular complexity index is 1410. The van der Waals surface area contributed by atoms with Crippen molar-refractivity contribution in [2.24, 2.45) is 0 Å². The second-order valence-corrected chi connectivity index (χ2v) is 7.92. The summed E-state index contributed by atoms with van der Waals surface area (Å²) in [5.41, 5.74) is 5.53. The molecular weight excluding hydrogens is 448 g/mol. The Kier molecular flexibility index (Phi) is 7.25.